The number of methoxy groups -OCH3 is 1. The molecule has 0 amide bonds. The van der Waals surface area contributed by atoms with Crippen molar-refractivity contribution in [2.75, 3.05) is 7.11 Å². The molecule has 6 nitrogen and oxygen atoms in total. The molecule has 0 saturated carbocycles. The first-order valence-corrected chi connectivity index (χ1v) is 6.36. The maximum atomic E-state index is 11.0. The van der Waals surface area contributed by atoms with Gasteiger partial charge in [-0.3, -0.25) is 0 Å². The van der Waals surface area contributed by atoms with Gasteiger partial charge >= 0.3 is 5.97 Å². The molecular weight excluding hydrogens is 282 g/mol. The molecule has 1 aromatic heterocycles. The first-order chi connectivity index (χ1) is 9.43. The summed E-state index contributed by atoms with van der Waals surface area (Å²) in [6, 6.07) is 5.08. The van der Waals surface area contributed by atoms with Crippen LogP contribution in [0.15, 0.2) is 18.2 Å². The predicted molar refractivity (Wildman–Crippen MR) is 74.0 cm³/mol. The third-order valence-electron chi connectivity index (χ3n) is 2.72. The normalized spacial score (nSPS) is 10.8. The molecule has 0 aliphatic carbocycles. The molecule has 106 valence electrons. The van der Waals surface area contributed by atoms with Crippen LogP contribution < -0.4 is 4.74 Å². The lowest BCUT2D eigenvalue weighted by atomic mass is 10.2. The molecule has 0 aliphatic heterocycles. The number of hydrogen-bond donors (Lipinski definition) is 1. The van der Waals surface area contributed by atoms with Gasteiger partial charge in [0.1, 0.15) is 11.6 Å². The minimum absolute atomic E-state index is 0.00197. The molecule has 20 heavy (non-hydrogen) atoms. The molecule has 7 heteroatoms. The van der Waals surface area contributed by atoms with Gasteiger partial charge in [-0.05, 0) is 12.1 Å². The molecule has 0 atom stereocenters. The molecule has 0 saturated heterocycles. The van der Waals surface area contributed by atoms with Gasteiger partial charge in [0.15, 0.2) is 0 Å². The third-order valence-corrected chi connectivity index (χ3v) is 3.04. The van der Waals surface area contributed by atoms with Crippen molar-refractivity contribution < 1.29 is 14.6 Å². The molecule has 0 fully saturated rings. The Kier molecular flexibility index (Phi) is 3.94. The van der Waals surface area contributed by atoms with Crippen LogP contribution in [0.25, 0.3) is 5.69 Å². The second kappa shape index (κ2) is 5.50. The van der Waals surface area contributed by atoms with Crippen LogP contribution in [0.2, 0.25) is 5.02 Å². The molecule has 0 bridgehead atoms. The van der Waals surface area contributed by atoms with Crippen molar-refractivity contribution in [3.8, 4) is 11.4 Å². The van der Waals surface area contributed by atoms with Crippen LogP contribution in [0.1, 0.15) is 36.2 Å². The number of aromatic carboxylic acids is 1. The number of ether oxygens (including phenoxy) is 1. The van der Waals surface area contributed by atoms with E-state index in [0.29, 0.717) is 22.3 Å². The summed E-state index contributed by atoms with van der Waals surface area (Å²) in [7, 11) is 1.54. The van der Waals surface area contributed by atoms with Gasteiger partial charge in [-0.1, -0.05) is 25.4 Å². The van der Waals surface area contributed by atoms with Crippen molar-refractivity contribution in [2.45, 2.75) is 19.8 Å². The Morgan fingerprint density at radius 2 is 2.15 bits per heavy atom. The second-order valence-corrected chi connectivity index (χ2v) is 4.89. The monoisotopic (exact) mass is 295 g/mol. The molecule has 0 aliphatic rings. The Hall–Kier alpha value is -2.08. The van der Waals surface area contributed by atoms with Crippen LogP contribution in [0.4, 0.5) is 0 Å². The number of rotatable bonds is 4. The van der Waals surface area contributed by atoms with Crippen molar-refractivity contribution in [1.29, 1.82) is 0 Å². The van der Waals surface area contributed by atoms with Gasteiger partial charge in [0.05, 0.1) is 17.8 Å². The van der Waals surface area contributed by atoms with Crippen LogP contribution in [-0.2, 0) is 0 Å². The number of carbonyl (C=O) groups is 1. The van der Waals surface area contributed by atoms with Gasteiger partial charge in [-0.25, -0.2) is 14.5 Å². The first kappa shape index (κ1) is 14.3. The number of benzene rings is 1. The van der Waals surface area contributed by atoms with E-state index in [9.17, 15) is 4.79 Å². The standard InChI is InChI=1S/C13H14ClN3O3/c1-7(2)12-15-11(13(18)19)16-17(12)10-6-8(20-3)4-5-9(10)14/h4-7H,1-3H3,(H,18,19). The summed E-state index contributed by atoms with van der Waals surface area (Å²) in [5.41, 5.74) is 0.537. The highest BCUT2D eigenvalue weighted by molar-refractivity contribution is 6.32. The Bertz CT molecular complexity index is 652. The fraction of sp³-hybridized carbons (Fsp3) is 0.308. The van der Waals surface area contributed by atoms with Gasteiger partial charge in [0, 0.05) is 12.0 Å². The molecule has 0 spiro atoms. The number of nitrogens with zero attached hydrogens (tertiary/aromatic N) is 3. The number of hydrogen-bond acceptors (Lipinski definition) is 4. The predicted octanol–water partition coefficient (Wildman–Crippen LogP) is 2.75. The third kappa shape index (κ3) is 2.60. The van der Waals surface area contributed by atoms with E-state index < -0.39 is 5.97 Å². The van der Waals surface area contributed by atoms with E-state index in [1.807, 2.05) is 13.8 Å². The molecule has 0 radical (unpaired) electrons. The minimum atomic E-state index is -1.18. The van der Waals surface area contributed by atoms with Crippen LogP contribution in [-0.4, -0.2) is 33.0 Å². The summed E-state index contributed by atoms with van der Waals surface area (Å²) in [6.07, 6.45) is 0. The maximum absolute atomic E-state index is 11.0. The average molecular weight is 296 g/mol. The highest BCUT2D eigenvalue weighted by Crippen LogP contribution is 2.27. The van der Waals surface area contributed by atoms with Gasteiger partial charge in [0.2, 0.25) is 0 Å². The average Bonchev–Trinajstić information content (AvgIpc) is 2.84. The van der Waals surface area contributed by atoms with Crippen molar-refractivity contribution in [3.05, 3.63) is 34.9 Å². The largest absolute Gasteiger partial charge is 0.497 e. The number of aromatic nitrogens is 3. The fourth-order valence-corrected chi connectivity index (χ4v) is 1.95. The van der Waals surface area contributed by atoms with E-state index in [0.717, 1.165) is 0 Å². The Morgan fingerprint density at radius 3 is 2.70 bits per heavy atom. The van der Waals surface area contributed by atoms with E-state index in [-0.39, 0.29) is 11.7 Å². The molecule has 2 rings (SSSR count). The van der Waals surface area contributed by atoms with E-state index in [1.54, 1.807) is 25.3 Å². The van der Waals surface area contributed by atoms with Gasteiger partial charge in [-0.15, -0.1) is 5.10 Å². The summed E-state index contributed by atoms with van der Waals surface area (Å²) in [4.78, 5) is 15.1. The Labute approximate surface area is 121 Å². The molecular formula is C13H14ClN3O3. The number of carboxylic acid groups (broad SMARTS) is 1. The van der Waals surface area contributed by atoms with Crippen molar-refractivity contribution in [1.82, 2.24) is 14.8 Å². The molecule has 0 unspecified atom stereocenters. The van der Waals surface area contributed by atoms with Crippen LogP contribution in [0.3, 0.4) is 0 Å². The van der Waals surface area contributed by atoms with Crippen LogP contribution >= 0.6 is 11.6 Å². The highest BCUT2D eigenvalue weighted by Gasteiger charge is 2.20. The zero-order chi connectivity index (χ0) is 14.9. The lowest BCUT2D eigenvalue weighted by Crippen LogP contribution is -2.06. The number of carboxylic acids is 1. The SMILES string of the molecule is COc1ccc(Cl)c(-n2nc(C(=O)O)nc2C(C)C)c1. The zero-order valence-corrected chi connectivity index (χ0v) is 12.0. The van der Waals surface area contributed by atoms with Gasteiger partial charge in [0.25, 0.3) is 5.82 Å². The fourth-order valence-electron chi connectivity index (χ4n) is 1.75. The van der Waals surface area contributed by atoms with Crippen molar-refractivity contribution in [2.24, 2.45) is 0 Å². The van der Waals surface area contributed by atoms with E-state index in [1.165, 1.54) is 4.68 Å². The van der Waals surface area contributed by atoms with Crippen LogP contribution in [0, 0.1) is 0 Å². The Morgan fingerprint density at radius 1 is 1.45 bits per heavy atom. The zero-order valence-electron chi connectivity index (χ0n) is 11.3. The summed E-state index contributed by atoms with van der Waals surface area (Å²) in [6.45, 7) is 3.81. The van der Waals surface area contributed by atoms with Gasteiger partial charge < -0.3 is 9.84 Å². The first-order valence-electron chi connectivity index (χ1n) is 5.98. The van der Waals surface area contributed by atoms with Gasteiger partial charge in [-0.2, -0.15) is 0 Å². The maximum Gasteiger partial charge on any atom is 0.375 e. The second-order valence-electron chi connectivity index (χ2n) is 4.48. The Balaban J connectivity index is 2.64. The van der Waals surface area contributed by atoms with E-state index in [4.69, 9.17) is 21.4 Å². The summed E-state index contributed by atoms with van der Waals surface area (Å²) >= 11 is 6.16. The smallest absolute Gasteiger partial charge is 0.375 e. The van der Waals surface area contributed by atoms with Crippen LogP contribution in [0.5, 0.6) is 5.75 Å². The molecule has 1 heterocycles. The summed E-state index contributed by atoms with van der Waals surface area (Å²) in [5, 5.41) is 13.5. The van der Waals surface area contributed by atoms with Crippen molar-refractivity contribution >= 4 is 17.6 Å². The quantitative estimate of drug-likeness (QED) is 0.938. The molecule has 2 aromatic rings. The minimum Gasteiger partial charge on any atom is -0.497 e. The molecule has 1 N–H and O–H groups in total. The number of halogens is 1. The van der Waals surface area contributed by atoms with E-state index >= 15 is 0 Å². The van der Waals surface area contributed by atoms with E-state index in [2.05, 4.69) is 10.1 Å². The molecule has 1 aromatic carbocycles. The highest BCUT2D eigenvalue weighted by atomic mass is 35.5. The topological polar surface area (TPSA) is 77.2 Å². The lowest BCUT2D eigenvalue weighted by Gasteiger charge is -2.11. The summed E-state index contributed by atoms with van der Waals surface area (Å²) in [5.74, 6) is -0.306. The lowest BCUT2D eigenvalue weighted by molar-refractivity contribution is 0.0683. The van der Waals surface area contributed by atoms with Crippen molar-refractivity contribution in [3.63, 3.8) is 0 Å². The summed E-state index contributed by atoms with van der Waals surface area (Å²) < 4.78 is 6.59.